The van der Waals surface area contributed by atoms with E-state index >= 15 is 0 Å². The zero-order valence-electron chi connectivity index (χ0n) is 10.7. The van der Waals surface area contributed by atoms with Gasteiger partial charge in [0, 0.05) is 11.8 Å². The first kappa shape index (κ1) is 10.9. The van der Waals surface area contributed by atoms with Crippen LogP contribution in [0.5, 0.6) is 0 Å². The Bertz CT molecular complexity index is 747. The maximum atomic E-state index is 9.81. The Balaban J connectivity index is 2.04. The average molecular weight is 248 g/mol. The third-order valence-electron chi connectivity index (χ3n) is 4.32. The van der Waals surface area contributed by atoms with Crippen LogP contribution in [0.15, 0.2) is 42.2 Å². The highest BCUT2D eigenvalue weighted by molar-refractivity contribution is 5.63. The Kier molecular flexibility index (Phi) is 2.28. The Morgan fingerprint density at radius 2 is 1.84 bits per heavy atom. The van der Waals surface area contributed by atoms with Gasteiger partial charge >= 0.3 is 0 Å². The smallest absolute Gasteiger partial charge is 0.111 e. The second-order valence-corrected chi connectivity index (χ2v) is 5.47. The number of rotatable bonds is 0. The van der Waals surface area contributed by atoms with Gasteiger partial charge in [0.2, 0.25) is 0 Å². The van der Waals surface area contributed by atoms with Gasteiger partial charge < -0.3 is 5.11 Å². The van der Waals surface area contributed by atoms with E-state index in [1.165, 1.54) is 21.6 Å². The van der Waals surface area contributed by atoms with Gasteiger partial charge in [0.1, 0.15) is 5.76 Å². The third kappa shape index (κ3) is 1.61. The largest absolute Gasteiger partial charge is 0.508 e. The van der Waals surface area contributed by atoms with Crippen molar-refractivity contribution in [3.63, 3.8) is 0 Å². The first-order chi connectivity index (χ1) is 9.33. The van der Waals surface area contributed by atoms with E-state index in [-0.39, 0.29) is 5.92 Å². The number of aliphatic hydroxyl groups excluding tert-OH is 1. The average Bonchev–Trinajstić information content (AvgIpc) is 2.46. The number of allylic oxidation sites excluding steroid dienone is 4. The monoisotopic (exact) mass is 248 g/mol. The van der Waals surface area contributed by atoms with E-state index in [9.17, 15) is 5.11 Å². The lowest BCUT2D eigenvalue weighted by atomic mass is 9.75. The van der Waals surface area contributed by atoms with E-state index < -0.39 is 0 Å². The molecular weight excluding hydrogens is 232 g/mol. The summed E-state index contributed by atoms with van der Waals surface area (Å²) in [6.07, 6.45) is 17.3. The van der Waals surface area contributed by atoms with Gasteiger partial charge in [-0.2, -0.15) is 0 Å². The highest BCUT2D eigenvalue weighted by Gasteiger charge is 2.26. The Morgan fingerprint density at radius 3 is 2.79 bits per heavy atom. The van der Waals surface area contributed by atoms with Crippen LogP contribution >= 0.6 is 0 Å². The van der Waals surface area contributed by atoms with E-state index in [0.717, 1.165) is 12.8 Å². The molecule has 1 aromatic carbocycles. The van der Waals surface area contributed by atoms with E-state index in [4.69, 9.17) is 0 Å². The lowest BCUT2D eigenvalue weighted by Crippen LogP contribution is -2.35. The van der Waals surface area contributed by atoms with Gasteiger partial charge in [-0.15, -0.1) is 0 Å². The fourth-order valence-corrected chi connectivity index (χ4v) is 3.41. The predicted octanol–water partition coefficient (Wildman–Crippen LogP) is 2.78. The number of benzene rings is 1. The van der Waals surface area contributed by atoms with Gasteiger partial charge in [0.15, 0.2) is 0 Å². The molecule has 3 aliphatic carbocycles. The van der Waals surface area contributed by atoms with Crippen LogP contribution in [-0.2, 0) is 0 Å². The Hall–Kier alpha value is -2.02. The summed E-state index contributed by atoms with van der Waals surface area (Å²) in [5, 5.41) is 12.5. The highest BCUT2D eigenvalue weighted by Crippen LogP contribution is 2.36. The van der Waals surface area contributed by atoms with Crippen molar-refractivity contribution in [3.8, 4) is 0 Å². The summed E-state index contributed by atoms with van der Waals surface area (Å²) >= 11 is 0. The lowest BCUT2D eigenvalue weighted by Gasteiger charge is -2.29. The minimum atomic E-state index is 0.280. The zero-order chi connectivity index (χ0) is 12.8. The molecule has 0 aliphatic heterocycles. The molecule has 0 radical (unpaired) electrons. The molecule has 1 N–H and O–H groups in total. The topological polar surface area (TPSA) is 20.2 Å². The van der Waals surface area contributed by atoms with Gasteiger partial charge in [0.05, 0.1) is 0 Å². The van der Waals surface area contributed by atoms with Crippen LogP contribution in [0.1, 0.15) is 29.9 Å². The summed E-state index contributed by atoms with van der Waals surface area (Å²) in [5.41, 5.74) is 2.68. The van der Waals surface area contributed by atoms with Crippen molar-refractivity contribution >= 4 is 18.2 Å². The second-order valence-electron chi connectivity index (χ2n) is 5.47. The predicted molar refractivity (Wildman–Crippen MR) is 79.0 cm³/mol. The molecule has 0 fully saturated rings. The molecule has 1 nitrogen and oxygen atoms in total. The normalized spacial score (nSPS) is 26.4. The quantitative estimate of drug-likeness (QED) is 0.748. The number of hydrogen-bond acceptors (Lipinski definition) is 1. The first-order valence-corrected chi connectivity index (χ1v) is 6.93. The molecule has 0 saturated carbocycles. The molecule has 1 aromatic rings. The Morgan fingerprint density at radius 1 is 1.00 bits per heavy atom. The second kappa shape index (κ2) is 3.99. The standard InChI is InChI=1S/C18H16O/c19-15-10-9-13-6-8-14-7-5-12-3-1-2-4-16(12)18(14)17(13)11-15/h3-11,13,17,19H,1-2H2. The number of hydrogen-bond donors (Lipinski definition) is 1. The van der Waals surface area contributed by atoms with Crippen LogP contribution in [0.4, 0.5) is 0 Å². The molecule has 2 atom stereocenters. The number of fused-ring (bicyclic) bond motifs is 5. The highest BCUT2D eigenvalue weighted by atomic mass is 16.3. The van der Waals surface area contributed by atoms with Crippen LogP contribution in [0.2, 0.25) is 0 Å². The van der Waals surface area contributed by atoms with Crippen LogP contribution < -0.4 is 10.4 Å². The number of aliphatic hydroxyl groups is 1. The van der Waals surface area contributed by atoms with Crippen molar-refractivity contribution in [2.45, 2.75) is 18.8 Å². The van der Waals surface area contributed by atoms with E-state index in [1.54, 1.807) is 0 Å². The van der Waals surface area contributed by atoms with Gasteiger partial charge in [-0.1, -0.05) is 42.5 Å². The van der Waals surface area contributed by atoms with Crippen LogP contribution in [-0.4, -0.2) is 5.11 Å². The molecule has 1 heteroatoms. The van der Waals surface area contributed by atoms with Crippen molar-refractivity contribution in [3.05, 3.63) is 63.8 Å². The summed E-state index contributed by atoms with van der Waals surface area (Å²) < 4.78 is 0. The summed E-state index contributed by atoms with van der Waals surface area (Å²) in [7, 11) is 0. The third-order valence-corrected chi connectivity index (χ3v) is 4.32. The van der Waals surface area contributed by atoms with E-state index in [1.807, 2.05) is 12.2 Å². The molecule has 2 unspecified atom stereocenters. The molecule has 4 rings (SSSR count). The molecule has 0 spiro atoms. The van der Waals surface area contributed by atoms with Crippen molar-refractivity contribution in [1.82, 2.24) is 0 Å². The molecule has 94 valence electrons. The molecule has 0 heterocycles. The molecule has 0 amide bonds. The summed E-state index contributed by atoms with van der Waals surface area (Å²) in [6, 6.07) is 4.43. The maximum Gasteiger partial charge on any atom is 0.111 e. The van der Waals surface area contributed by atoms with Crippen molar-refractivity contribution < 1.29 is 5.11 Å². The van der Waals surface area contributed by atoms with Gasteiger partial charge in [0.25, 0.3) is 0 Å². The fourth-order valence-electron chi connectivity index (χ4n) is 3.41. The van der Waals surface area contributed by atoms with Crippen LogP contribution in [0, 0.1) is 5.92 Å². The fraction of sp³-hybridized carbons (Fsp3) is 0.222. The van der Waals surface area contributed by atoms with Crippen molar-refractivity contribution in [1.29, 1.82) is 0 Å². The SMILES string of the molecule is OC1=CC2c3c(ccc4c3=CCCC=4)C=CC2C=C1. The summed E-state index contributed by atoms with van der Waals surface area (Å²) in [4.78, 5) is 0. The minimum absolute atomic E-state index is 0.280. The van der Waals surface area contributed by atoms with E-state index in [0.29, 0.717) is 11.7 Å². The molecule has 0 aromatic heterocycles. The summed E-state index contributed by atoms with van der Waals surface area (Å²) in [6.45, 7) is 0. The van der Waals surface area contributed by atoms with Gasteiger partial charge in [-0.05, 0) is 46.6 Å². The van der Waals surface area contributed by atoms with Crippen molar-refractivity contribution in [2.75, 3.05) is 0 Å². The van der Waals surface area contributed by atoms with Crippen LogP contribution in [0.25, 0.3) is 18.2 Å². The maximum absolute atomic E-state index is 9.81. The lowest BCUT2D eigenvalue weighted by molar-refractivity contribution is 0.419. The molecular formula is C18H16O. The van der Waals surface area contributed by atoms with Crippen LogP contribution in [0.3, 0.4) is 0 Å². The minimum Gasteiger partial charge on any atom is -0.508 e. The first-order valence-electron chi connectivity index (χ1n) is 6.93. The summed E-state index contributed by atoms with van der Waals surface area (Å²) in [5.74, 6) is 1.05. The van der Waals surface area contributed by atoms with E-state index in [2.05, 4.69) is 42.5 Å². The molecule has 0 saturated heterocycles. The molecule has 3 aliphatic rings. The van der Waals surface area contributed by atoms with Crippen molar-refractivity contribution in [2.24, 2.45) is 5.92 Å². The molecule has 0 bridgehead atoms. The van der Waals surface area contributed by atoms with Gasteiger partial charge in [-0.25, -0.2) is 0 Å². The van der Waals surface area contributed by atoms with Gasteiger partial charge in [-0.3, -0.25) is 0 Å². The molecule has 19 heavy (non-hydrogen) atoms. The zero-order valence-corrected chi connectivity index (χ0v) is 10.7. The Labute approximate surface area is 112 Å².